The standard InChI is InChI=1S/C22H28N2O/c1-16(20-8-4-6-18-5-2-3-7-21(18)20)23-22(25)19-11-13-24(14-12-19)15-17-9-10-17/h2-8,16-17,19H,9-15H2,1H3,(H,23,25). The normalized spacial score (nSPS) is 20.5. The number of hydrogen-bond acceptors (Lipinski definition) is 2. The largest absolute Gasteiger partial charge is 0.349 e. The summed E-state index contributed by atoms with van der Waals surface area (Å²) in [6.07, 6.45) is 4.81. The van der Waals surface area contributed by atoms with Crippen LogP contribution < -0.4 is 5.32 Å². The number of hydrogen-bond donors (Lipinski definition) is 1. The molecule has 3 heteroatoms. The summed E-state index contributed by atoms with van der Waals surface area (Å²) in [5.74, 6) is 1.34. The van der Waals surface area contributed by atoms with Crippen molar-refractivity contribution in [2.45, 2.75) is 38.6 Å². The maximum absolute atomic E-state index is 12.7. The van der Waals surface area contributed by atoms with E-state index in [0.29, 0.717) is 0 Å². The lowest BCUT2D eigenvalue weighted by atomic mass is 9.94. The topological polar surface area (TPSA) is 32.3 Å². The van der Waals surface area contributed by atoms with E-state index in [4.69, 9.17) is 0 Å². The summed E-state index contributed by atoms with van der Waals surface area (Å²) >= 11 is 0. The maximum atomic E-state index is 12.7. The number of rotatable bonds is 5. The van der Waals surface area contributed by atoms with Gasteiger partial charge in [-0.2, -0.15) is 0 Å². The highest BCUT2D eigenvalue weighted by molar-refractivity contribution is 5.87. The third kappa shape index (κ3) is 3.87. The second kappa shape index (κ2) is 7.17. The monoisotopic (exact) mass is 336 g/mol. The molecule has 1 saturated carbocycles. The smallest absolute Gasteiger partial charge is 0.223 e. The molecule has 2 aliphatic rings. The van der Waals surface area contributed by atoms with Crippen LogP contribution in [-0.2, 0) is 4.79 Å². The number of piperidine rings is 1. The van der Waals surface area contributed by atoms with E-state index in [0.717, 1.165) is 31.8 Å². The highest BCUT2D eigenvalue weighted by Crippen LogP contribution is 2.31. The van der Waals surface area contributed by atoms with Crippen molar-refractivity contribution in [1.29, 1.82) is 0 Å². The summed E-state index contributed by atoms with van der Waals surface area (Å²) in [5.41, 5.74) is 1.21. The van der Waals surface area contributed by atoms with Crippen LogP contribution in [0.15, 0.2) is 42.5 Å². The van der Waals surface area contributed by atoms with Gasteiger partial charge in [-0.05, 0) is 68.0 Å². The molecular formula is C22H28N2O. The second-order valence-electron chi connectivity index (χ2n) is 7.82. The molecule has 2 aromatic carbocycles. The molecule has 0 aromatic heterocycles. The minimum Gasteiger partial charge on any atom is -0.349 e. The number of carbonyl (C=O) groups is 1. The molecule has 1 saturated heterocycles. The van der Waals surface area contributed by atoms with Gasteiger partial charge in [-0.3, -0.25) is 4.79 Å². The Bertz CT molecular complexity index is 739. The Hall–Kier alpha value is -1.87. The van der Waals surface area contributed by atoms with E-state index >= 15 is 0 Å². The van der Waals surface area contributed by atoms with Crippen molar-refractivity contribution in [3.63, 3.8) is 0 Å². The van der Waals surface area contributed by atoms with Gasteiger partial charge < -0.3 is 10.2 Å². The Kier molecular flexibility index (Phi) is 4.76. The predicted octanol–water partition coefficient (Wildman–Crippen LogP) is 4.14. The van der Waals surface area contributed by atoms with Gasteiger partial charge in [0.1, 0.15) is 0 Å². The highest BCUT2D eigenvalue weighted by atomic mass is 16.1. The van der Waals surface area contributed by atoms with Crippen LogP contribution in [-0.4, -0.2) is 30.4 Å². The summed E-state index contributed by atoms with van der Waals surface area (Å²) in [6, 6.07) is 14.8. The first kappa shape index (κ1) is 16.6. The molecule has 1 aliphatic carbocycles. The van der Waals surface area contributed by atoms with Gasteiger partial charge in [0, 0.05) is 12.5 Å². The average molecular weight is 336 g/mol. The Morgan fingerprint density at radius 2 is 1.80 bits per heavy atom. The minimum atomic E-state index is 0.0445. The van der Waals surface area contributed by atoms with Gasteiger partial charge in [0.25, 0.3) is 0 Å². The molecule has 0 spiro atoms. The van der Waals surface area contributed by atoms with Gasteiger partial charge in [-0.1, -0.05) is 42.5 Å². The van der Waals surface area contributed by atoms with Crippen molar-refractivity contribution in [1.82, 2.24) is 10.2 Å². The summed E-state index contributed by atoms with van der Waals surface area (Å²) in [7, 11) is 0. The van der Waals surface area contributed by atoms with Crippen LogP contribution in [0.1, 0.15) is 44.2 Å². The van der Waals surface area contributed by atoms with E-state index in [2.05, 4.69) is 59.6 Å². The summed E-state index contributed by atoms with van der Waals surface area (Å²) in [6.45, 7) is 5.51. The van der Waals surface area contributed by atoms with Crippen LogP contribution in [0.25, 0.3) is 10.8 Å². The third-order valence-electron chi connectivity index (χ3n) is 5.82. The number of fused-ring (bicyclic) bond motifs is 1. The molecule has 1 N–H and O–H groups in total. The number of nitrogens with zero attached hydrogens (tertiary/aromatic N) is 1. The fraction of sp³-hybridized carbons (Fsp3) is 0.500. The zero-order valence-electron chi connectivity index (χ0n) is 15.1. The van der Waals surface area contributed by atoms with E-state index in [9.17, 15) is 4.79 Å². The number of benzene rings is 2. The summed E-state index contributed by atoms with van der Waals surface area (Å²) in [4.78, 5) is 15.3. The zero-order valence-corrected chi connectivity index (χ0v) is 15.1. The van der Waals surface area contributed by atoms with Gasteiger partial charge in [0.05, 0.1) is 6.04 Å². The molecular weight excluding hydrogens is 308 g/mol. The zero-order chi connectivity index (χ0) is 17.2. The van der Waals surface area contributed by atoms with Crippen LogP contribution in [0.3, 0.4) is 0 Å². The minimum absolute atomic E-state index is 0.0445. The average Bonchev–Trinajstić information content (AvgIpc) is 3.45. The Morgan fingerprint density at radius 3 is 2.56 bits per heavy atom. The van der Waals surface area contributed by atoms with E-state index < -0.39 is 0 Å². The number of carbonyl (C=O) groups excluding carboxylic acids is 1. The van der Waals surface area contributed by atoms with Gasteiger partial charge in [-0.25, -0.2) is 0 Å². The molecule has 0 radical (unpaired) electrons. The lowest BCUT2D eigenvalue weighted by Crippen LogP contribution is -2.41. The van der Waals surface area contributed by atoms with Gasteiger partial charge in [0.15, 0.2) is 0 Å². The maximum Gasteiger partial charge on any atom is 0.223 e. The molecule has 2 fully saturated rings. The number of nitrogens with one attached hydrogen (secondary N) is 1. The van der Waals surface area contributed by atoms with Crippen molar-refractivity contribution in [2.75, 3.05) is 19.6 Å². The number of likely N-dealkylation sites (tertiary alicyclic amines) is 1. The Labute approximate surface area is 150 Å². The molecule has 1 heterocycles. The van der Waals surface area contributed by atoms with Crippen LogP contribution in [0.2, 0.25) is 0 Å². The van der Waals surface area contributed by atoms with Crippen molar-refractivity contribution in [2.24, 2.45) is 11.8 Å². The van der Waals surface area contributed by atoms with Gasteiger partial charge >= 0.3 is 0 Å². The van der Waals surface area contributed by atoms with E-state index in [1.165, 1.54) is 35.7 Å². The lowest BCUT2D eigenvalue weighted by molar-refractivity contribution is -0.127. The lowest BCUT2D eigenvalue weighted by Gasteiger charge is -2.32. The third-order valence-corrected chi connectivity index (χ3v) is 5.82. The molecule has 1 atom stereocenters. The van der Waals surface area contributed by atoms with Gasteiger partial charge in [-0.15, -0.1) is 0 Å². The molecule has 0 bridgehead atoms. The first-order valence-electron chi connectivity index (χ1n) is 9.71. The Morgan fingerprint density at radius 1 is 1.08 bits per heavy atom. The van der Waals surface area contributed by atoms with Crippen molar-refractivity contribution < 1.29 is 4.79 Å². The van der Waals surface area contributed by atoms with Crippen LogP contribution in [0.5, 0.6) is 0 Å². The van der Waals surface area contributed by atoms with Crippen molar-refractivity contribution in [3.05, 3.63) is 48.0 Å². The first-order valence-corrected chi connectivity index (χ1v) is 9.71. The Balaban J connectivity index is 1.37. The SMILES string of the molecule is CC(NC(=O)C1CCN(CC2CC2)CC1)c1cccc2ccccc12. The molecule has 25 heavy (non-hydrogen) atoms. The molecule has 1 aliphatic heterocycles. The van der Waals surface area contributed by atoms with E-state index in [-0.39, 0.29) is 17.9 Å². The second-order valence-corrected chi connectivity index (χ2v) is 7.82. The first-order chi connectivity index (χ1) is 12.2. The quantitative estimate of drug-likeness (QED) is 0.890. The van der Waals surface area contributed by atoms with Crippen molar-refractivity contribution in [3.8, 4) is 0 Å². The van der Waals surface area contributed by atoms with E-state index in [1.807, 2.05) is 0 Å². The summed E-state index contributed by atoms with van der Waals surface area (Å²) in [5, 5.41) is 5.73. The predicted molar refractivity (Wildman–Crippen MR) is 102 cm³/mol. The molecule has 132 valence electrons. The van der Waals surface area contributed by atoms with Crippen LogP contribution in [0.4, 0.5) is 0 Å². The molecule has 1 amide bonds. The van der Waals surface area contributed by atoms with E-state index in [1.54, 1.807) is 0 Å². The molecule has 2 aromatic rings. The van der Waals surface area contributed by atoms with Crippen LogP contribution >= 0.6 is 0 Å². The number of amides is 1. The fourth-order valence-corrected chi connectivity index (χ4v) is 4.08. The molecule has 4 rings (SSSR count). The molecule has 1 unspecified atom stereocenters. The van der Waals surface area contributed by atoms with Crippen molar-refractivity contribution >= 4 is 16.7 Å². The van der Waals surface area contributed by atoms with Crippen LogP contribution in [0, 0.1) is 11.8 Å². The molecule has 3 nitrogen and oxygen atoms in total. The van der Waals surface area contributed by atoms with Gasteiger partial charge in [0.2, 0.25) is 5.91 Å². The summed E-state index contributed by atoms with van der Waals surface area (Å²) < 4.78 is 0. The fourth-order valence-electron chi connectivity index (χ4n) is 4.08. The highest BCUT2D eigenvalue weighted by Gasteiger charge is 2.29.